The van der Waals surface area contributed by atoms with Crippen LogP contribution in [0, 0.1) is 0 Å². The normalized spacial score (nSPS) is 13.2. The Balaban J connectivity index is 2.10. The van der Waals surface area contributed by atoms with E-state index in [1.807, 2.05) is 6.92 Å². The largest absolute Gasteiger partial charge is 0.324 e. The van der Waals surface area contributed by atoms with E-state index in [1.54, 1.807) is 11.8 Å². The molecular formula is C18H23NS. The summed E-state index contributed by atoms with van der Waals surface area (Å²) in [5.41, 5.74) is 8.63. The third-order valence-electron chi connectivity index (χ3n) is 3.36. The van der Waals surface area contributed by atoms with Crippen molar-refractivity contribution in [3.8, 4) is 0 Å². The van der Waals surface area contributed by atoms with E-state index in [1.165, 1.54) is 20.9 Å². The fourth-order valence-corrected chi connectivity index (χ4v) is 2.81. The van der Waals surface area contributed by atoms with Crippen LogP contribution in [0.2, 0.25) is 0 Å². The highest BCUT2D eigenvalue weighted by molar-refractivity contribution is 7.99. The molecular weight excluding hydrogens is 262 g/mol. The first-order valence-corrected chi connectivity index (χ1v) is 7.82. The van der Waals surface area contributed by atoms with E-state index in [4.69, 9.17) is 5.73 Å². The highest BCUT2D eigenvalue weighted by Crippen LogP contribution is 2.30. The minimum Gasteiger partial charge on any atom is -0.324 e. The van der Waals surface area contributed by atoms with Gasteiger partial charge in [0.2, 0.25) is 0 Å². The monoisotopic (exact) mass is 285 g/mol. The number of hydrogen-bond acceptors (Lipinski definition) is 2. The molecule has 2 N–H and O–H groups in total. The van der Waals surface area contributed by atoms with Gasteiger partial charge >= 0.3 is 0 Å². The Morgan fingerprint density at radius 3 is 1.70 bits per heavy atom. The third kappa shape index (κ3) is 3.87. The quantitative estimate of drug-likeness (QED) is 0.843. The van der Waals surface area contributed by atoms with Gasteiger partial charge in [0.1, 0.15) is 0 Å². The molecule has 1 atom stereocenters. The number of benzene rings is 2. The maximum absolute atomic E-state index is 5.87. The zero-order valence-corrected chi connectivity index (χ0v) is 13.5. The molecule has 2 heteroatoms. The molecule has 0 aliphatic carbocycles. The summed E-state index contributed by atoms with van der Waals surface area (Å²) in [4.78, 5) is 2.52. The van der Waals surface area contributed by atoms with Gasteiger partial charge < -0.3 is 5.73 Å². The van der Waals surface area contributed by atoms with Crippen molar-refractivity contribution in [2.45, 2.75) is 48.9 Å². The van der Waals surface area contributed by atoms with Crippen LogP contribution in [0.1, 0.15) is 44.9 Å². The van der Waals surface area contributed by atoms with Gasteiger partial charge in [-0.05, 0) is 47.7 Å². The van der Waals surface area contributed by atoms with Crippen LogP contribution < -0.4 is 5.73 Å². The second-order valence-electron chi connectivity index (χ2n) is 6.23. The zero-order valence-electron chi connectivity index (χ0n) is 12.7. The van der Waals surface area contributed by atoms with Crippen LogP contribution in [-0.2, 0) is 5.41 Å². The van der Waals surface area contributed by atoms with Crippen molar-refractivity contribution in [3.05, 3.63) is 59.7 Å². The summed E-state index contributed by atoms with van der Waals surface area (Å²) in [6, 6.07) is 17.4. The van der Waals surface area contributed by atoms with Gasteiger partial charge in [0.05, 0.1) is 0 Å². The molecule has 0 fully saturated rings. The second-order valence-corrected chi connectivity index (χ2v) is 7.38. The molecule has 20 heavy (non-hydrogen) atoms. The molecule has 0 amide bonds. The first-order chi connectivity index (χ1) is 9.36. The molecule has 2 aromatic rings. The van der Waals surface area contributed by atoms with Crippen LogP contribution in [0.3, 0.4) is 0 Å². The van der Waals surface area contributed by atoms with Gasteiger partial charge in [0, 0.05) is 15.8 Å². The first kappa shape index (κ1) is 15.1. The number of hydrogen-bond donors (Lipinski definition) is 1. The maximum Gasteiger partial charge on any atom is 0.0266 e. The van der Waals surface area contributed by atoms with Gasteiger partial charge in [-0.15, -0.1) is 0 Å². The molecule has 0 aromatic heterocycles. The lowest BCUT2D eigenvalue weighted by molar-refractivity contribution is 0.590. The van der Waals surface area contributed by atoms with Gasteiger partial charge in [-0.3, -0.25) is 0 Å². The summed E-state index contributed by atoms with van der Waals surface area (Å²) < 4.78 is 0. The smallest absolute Gasteiger partial charge is 0.0266 e. The van der Waals surface area contributed by atoms with E-state index >= 15 is 0 Å². The molecule has 2 aromatic carbocycles. The lowest BCUT2D eigenvalue weighted by Gasteiger charge is -2.19. The van der Waals surface area contributed by atoms with E-state index in [0.29, 0.717) is 0 Å². The van der Waals surface area contributed by atoms with Gasteiger partial charge in [-0.2, -0.15) is 0 Å². The predicted molar refractivity (Wildman–Crippen MR) is 88.3 cm³/mol. The third-order valence-corrected chi connectivity index (χ3v) is 4.38. The van der Waals surface area contributed by atoms with Crippen molar-refractivity contribution >= 4 is 11.8 Å². The van der Waals surface area contributed by atoms with E-state index < -0.39 is 0 Å². The van der Waals surface area contributed by atoms with E-state index in [-0.39, 0.29) is 11.5 Å². The van der Waals surface area contributed by atoms with Crippen molar-refractivity contribution in [2.24, 2.45) is 5.73 Å². The standard InChI is InChI=1S/C18H23NS/c1-13(19)14-5-9-16(10-6-14)20-17-11-7-15(8-12-17)18(2,3)4/h5-13H,19H2,1-4H3/t13-/m0/s1. The Labute approximate surface area is 126 Å². The SMILES string of the molecule is C[C@H](N)c1ccc(Sc2ccc(C(C)(C)C)cc2)cc1. The molecule has 0 saturated carbocycles. The maximum atomic E-state index is 5.87. The van der Waals surface area contributed by atoms with Gasteiger partial charge in [0.25, 0.3) is 0 Å². The fourth-order valence-electron chi connectivity index (χ4n) is 2.00. The summed E-state index contributed by atoms with van der Waals surface area (Å²) in [7, 11) is 0. The highest BCUT2D eigenvalue weighted by atomic mass is 32.2. The van der Waals surface area contributed by atoms with Gasteiger partial charge in [0.15, 0.2) is 0 Å². The molecule has 0 saturated heterocycles. The Bertz CT molecular complexity index is 547. The van der Waals surface area contributed by atoms with Crippen LogP contribution in [0.25, 0.3) is 0 Å². The average molecular weight is 285 g/mol. The summed E-state index contributed by atoms with van der Waals surface area (Å²) in [5.74, 6) is 0. The van der Waals surface area contributed by atoms with Crippen LogP contribution in [0.15, 0.2) is 58.3 Å². The molecule has 0 unspecified atom stereocenters. The molecule has 0 heterocycles. The Hall–Kier alpha value is -1.25. The van der Waals surface area contributed by atoms with Crippen LogP contribution in [0.4, 0.5) is 0 Å². The van der Waals surface area contributed by atoms with Crippen molar-refractivity contribution in [2.75, 3.05) is 0 Å². The molecule has 2 rings (SSSR count). The summed E-state index contributed by atoms with van der Waals surface area (Å²) >= 11 is 1.79. The molecule has 0 radical (unpaired) electrons. The lowest BCUT2D eigenvalue weighted by atomic mass is 9.87. The van der Waals surface area contributed by atoms with Crippen molar-refractivity contribution in [1.82, 2.24) is 0 Å². The first-order valence-electron chi connectivity index (χ1n) is 7.00. The van der Waals surface area contributed by atoms with Gasteiger partial charge in [-0.25, -0.2) is 0 Å². The van der Waals surface area contributed by atoms with Gasteiger partial charge in [-0.1, -0.05) is 56.8 Å². The Morgan fingerprint density at radius 2 is 1.30 bits per heavy atom. The zero-order chi connectivity index (χ0) is 14.8. The molecule has 0 bridgehead atoms. The van der Waals surface area contributed by atoms with Crippen LogP contribution in [-0.4, -0.2) is 0 Å². The van der Waals surface area contributed by atoms with Crippen LogP contribution in [0.5, 0.6) is 0 Å². The minimum atomic E-state index is 0.0973. The van der Waals surface area contributed by atoms with E-state index in [0.717, 1.165) is 0 Å². The molecule has 0 aliphatic heterocycles. The minimum absolute atomic E-state index is 0.0973. The number of nitrogens with two attached hydrogens (primary N) is 1. The molecule has 1 nitrogen and oxygen atoms in total. The molecule has 106 valence electrons. The topological polar surface area (TPSA) is 26.0 Å². The van der Waals surface area contributed by atoms with Crippen LogP contribution >= 0.6 is 11.8 Å². The average Bonchev–Trinajstić information content (AvgIpc) is 2.39. The predicted octanol–water partition coefficient (Wildman–Crippen LogP) is 5.16. The summed E-state index contributed by atoms with van der Waals surface area (Å²) in [6.45, 7) is 8.72. The van der Waals surface area contributed by atoms with E-state index in [9.17, 15) is 0 Å². The lowest BCUT2D eigenvalue weighted by Crippen LogP contribution is -2.10. The Kier molecular flexibility index (Phi) is 4.56. The summed E-state index contributed by atoms with van der Waals surface area (Å²) in [5, 5.41) is 0. The highest BCUT2D eigenvalue weighted by Gasteiger charge is 2.12. The van der Waals surface area contributed by atoms with E-state index in [2.05, 4.69) is 69.3 Å². The van der Waals surface area contributed by atoms with Crippen molar-refractivity contribution < 1.29 is 0 Å². The van der Waals surface area contributed by atoms with Crippen molar-refractivity contribution in [1.29, 1.82) is 0 Å². The second kappa shape index (κ2) is 6.02. The molecule has 0 aliphatic rings. The summed E-state index contributed by atoms with van der Waals surface area (Å²) in [6.07, 6.45) is 0. The number of rotatable bonds is 3. The fraction of sp³-hybridized carbons (Fsp3) is 0.333. The molecule has 0 spiro atoms. The Morgan fingerprint density at radius 1 is 0.850 bits per heavy atom. The van der Waals surface area contributed by atoms with Crippen molar-refractivity contribution in [3.63, 3.8) is 0 Å².